The zero-order chi connectivity index (χ0) is 11.7. The van der Waals surface area contributed by atoms with E-state index < -0.39 is 27.0 Å². The van der Waals surface area contributed by atoms with Crippen molar-refractivity contribution in [2.45, 2.75) is 25.3 Å². The van der Waals surface area contributed by atoms with Crippen LogP contribution in [-0.4, -0.2) is 38.4 Å². The average molecular weight is 234 g/mol. The Labute approximate surface area is 90.3 Å². The molecule has 1 aliphatic carbocycles. The number of hydrogen-bond donors (Lipinski definition) is 2. The number of nitrogens with two attached hydrogens (primary N) is 1. The first-order chi connectivity index (χ1) is 6.77. The van der Waals surface area contributed by atoms with Gasteiger partial charge in [0.1, 0.15) is 5.75 Å². The lowest BCUT2D eigenvalue weighted by atomic mass is 9.96. The van der Waals surface area contributed by atoms with E-state index in [0.29, 0.717) is 12.5 Å². The molecule has 0 saturated heterocycles. The topological polar surface area (TPSA) is 89.3 Å². The smallest absolute Gasteiger partial charge is 0.235 e. The fourth-order valence-corrected chi connectivity index (χ4v) is 2.18. The van der Waals surface area contributed by atoms with Gasteiger partial charge in [-0.2, -0.15) is 0 Å². The Morgan fingerprint density at radius 2 is 2.07 bits per heavy atom. The molecule has 6 heteroatoms. The van der Waals surface area contributed by atoms with Gasteiger partial charge in [0.2, 0.25) is 5.91 Å². The monoisotopic (exact) mass is 234 g/mol. The highest BCUT2D eigenvalue weighted by molar-refractivity contribution is 7.91. The van der Waals surface area contributed by atoms with Gasteiger partial charge in [-0.25, -0.2) is 8.42 Å². The summed E-state index contributed by atoms with van der Waals surface area (Å²) in [7, 11) is -3.26. The molecule has 0 aromatic carbocycles. The molecule has 0 radical (unpaired) electrons. The van der Waals surface area contributed by atoms with Gasteiger partial charge in [-0.3, -0.25) is 4.79 Å². The third kappa shape index (κ3) is 3.79. The van der Waals surface area contributed by atoms with Crippen LogP contribution in [0.3, 0.4) is 0 Å². The first-order valence-electron chi connectivity index (χ1n) is 4.95. The molecule has 1 saturated carbocycles. The molecule has 1 amide bonds. The summed E-state index contributed by atoms with van der Waals surface area (Å²) in [6, 6.07) is 0. The number of amides is 1. The molecule has 0 bridgehead atoms. The molecule has 0 heterocycles. The molecule has 15 heavy (non-hydrogen) atoms. The van der Waals surface area contributed by atoms with Crippen molar-refractivity contribution in [1.82, 2.24) is 5.32 Å². The summed E-state index contributed by atoms with van der Waals surface area (Å²) in [6.45, 7) is 2.21. The van der Waals surface area contributed by atoms with Crippen LogP contribution >= 0.6 is 0 Å². The first kappa shape index (κ1) is 12.4. The van der Waals surface area contributed by atoms with E-state index in [-0.39, 0.29) is 0 Å². The molecular weight excluding hydrogens is 216 g/mol. The van der Waals surface area contributed by atoms with Crippen molar-refractivity contribution in [1.29, 1.82) is 0 Å². The van der Waals surface area contributed by atoms with E-state index in [1.165, 1.54) is 0 Å². The normalized spacial score (nSPS) is 20.7. The molecule has 1 aliphatic rings. The predicted molar refractivity (Wildman–Crippen MR) is 58.0 cm³/mol. The molecule has 3 N–H and O–H groups in total. The van der Waals surface area contributed by atoms with E-state index >= 15 is 0 Å². The van der Waals surface area contributed by atoms with Gasteiger partial charge < -0.3 is 11.1 Å². The molecule has 1 fully saturated rings. The van der Waals surface area contributed by atoms with Crippen molar-refractivity contribution in [3.05, 3.63) is 0 Å². The Morgan fingerprint density at radius 1 is 1.53 bits per heavy atom. The number of hydrogen-bond acceptors (Lipinski definition) is 4. The van der Waals surface area contributed by atoms with E-state index in [1.807, 2.05) is 6.92 Å². The molecule has 0 aromatic rings. The van der Waals surface area contributed by atoms with Crippen molar-refractivity contribution < 1.29 is 13.2 Å². The minimum Gasteiger partial charge on any atom is -0.349 e. The number of carbonyl (C=O) groups is 1. The van der Waals surface area contributed by atoms with Crippen molar-refractivity contribution in [2.24, 2.45) is 11.7 Å². The van der Waals surface area contributed by atoms with Crippen LogP contribution in [0, 0.1) is 5.92 Å². The molecule has 1 rings (SSSR count). The predicted octanol–water partition coefficient (Wildman–Crippen LogP) is -0.725. The summed E-state index contributed by atoms with van der Waals surface area (Å²) in [5.74, 6) is -0.529. The second-order valence-corrected chi connectivity index (χ2v) is 6.65. The second kappa shape index (κ2) is 4.09. The summed E-state index contributed by atoms with van der Waals surface area (Å²) in [5, 5.41) is 2.72. The SMILES string of the molecule is CC(CN)(NC(=O)CS(C)(=O)=O)C1CC1. The minimum atomic E-state index is -3.26. The van der Waals surface area contributed by atoms with Crippen LogP contribution < -0.4 is 11.1 Å². The van der Waals surface area contributed by atoms with Crippen LogP contribution in [-0.2, 0) is 14.6 Å². The molecule has 1 unspecified atom stereocenters. The van der Waals surface area contributed by atoms with Crippen LogP contribution in [0.5, 0.6) is 0 Å². The van der Waals surface area contributed by atoms with Crippen molar-refractivity contribution >= 4 is 15.7 Å². The molecule has 0 aromatic heterocycles. The summed E-state index contributed by atoms with van der Waals surface area (Å²) in [6.07, 6.45) is 3.14. The maximum atomic E-state index is 11.4. The molecule has 5 nitrogen and oxygen atoms in total. The highest BCUT2D eigenvalue weighted by atomic mass is 32.2. The van der Waals surface area contributed by atoms with Gasteiger partial charge in [0.25, 0.3) is 0 Å². The lowest BCUT2D eigenvalue weighted by Crippen LogP contribution is -2.54. The van der Waals surface area contributed by atoms with Gasteiger partial charge >= 0.3 is 0 Å². The Kier molecular flexibility index (Phi) is 3.40. The zero-order valence-corrected chi connectivity index (χ0v) is 9.93. The average Bonchev–Trinajstić information content (AvgIpc) is 2.81. The van der Waals surface area contributed by atoms with Crippen LogP contribution in [0.4, 0.5) is 0 Å². The molecule has 88 valence electrons. The summed E-state index contributed by atoms with van der Waals surface area (Å²) in [5.41, 5.74) is 5.15. The quantitative estimate of drug-likeness (QED) is 0.656. The number of carbonyl (C=O) groups excluding carboxylic acids is 1. The van der Waals surface area contributed by atoms with Gasteiger partial charge in [-0.15, -0.1) is 0 Å². The van der Waals surface area contributed by atoms with Gasteiger partial charge in [-0.1, -0.05) is 0 Å². The highest BCUT2D eigenvalue weighted by Gasteiger charge is 2.41. The fourth-order valence-electron chi connectivity index (χ4n) is 1.63. The van der Waals surface area contributed by atoms with Gasteiger partial charge in [0.05, 0.1) is 5.54 Å². The van der Waals surface area contributed by atoms with Gasteiger partial charge in [-0.05, 0) is 25.7 Å². The van der Waals surface area contributed by atoms with Crippen LogP contribution in [0.25, 0.3) is 0 Å². The number of rotatable bonds is 5. The molecule has 0 aliphatic heterocycles. The maximum absolute atomic E-state index is 11.4. The highest BCUT2D eigenvalue weighted by Crippen LogP contribution is 2.38. The molecule has 0 spiro atoms. The molecule has 1 atom stereocenters. The van der Waals surface area contributed by atoms with Gasteiger partial charge in [0, 0.05) is 12.8 Å². The van der Waals surface area contributed by atoms with Crippen LogP contribution in [0.15, 0.2) is 0 Å². The van der Waals surface area contributed by atoms with E-state index in [4.69, 9.17) is 5.73 Å². The lowest BCUT2D eigenvalue weighted by molar-refractivity contribution is -0.120. The third-order valence-electron chi connectivity index (χ3n) is 2.72. The maximum Gasteiger partial charge on any atom is 0.235 e. The van der Waals surface area contributed by atoms with E-state index in [2.05, 4.69) is 5.32 Å². The Morgan fingerprint density at radius 3 is 2.40 bits per heavy atom. The van der Waals surface area contributed by atoms with Crippen molar-refractivity contribution in [2.75, 3.05) is 18.6 Å². The van der Waals surface area contributed by atoms with Crippen molar-refractivity contribution in [3.63, 3.8) is 0 Å². The second-order valence-electron chi connectivity index (χ2n) is 4.51. The fraction of sp³-hybridized carbons (Fsp3) is 0.889. The van der Waals surface area contributed by atoms with E-state index in [9.17, 15) is 13.2 Å². The van der Waals surface area contributed by atoms with Crippen LogP contribution in [0.2, 0.25) is 0 Å². The third-order valence-corrected chi connectivity index (χ3v) is 3.51. The van der Waals surface area contributed by atoms with E-state index in [1.54, 1.807) is 0 Å². The van der Waals surface area contributed by atoms with Crippen LogP contribution in [0.1, 0.15) is 19.8 Å². The van der Waals surface area contributed by atoms with Gasteiger partial charge in [0.15, 0.2) is 9.84 Å². The Hall–Kier alpha value is -0.620. The lowest BCUT2D eigenvalue weighted by Gasteiger charge is -2.29. The first-order valence-corrected chi connectivity index (χ1v) is 7.02. The summed E-state index contributed by atoms with van der Waals surface area (Å²) in [4.78, 5) is 11.4. The van der Waals surface area contributed by atoms with E-state index in [0.717, 1.165) is 19.1 Å². The Balaban J connectivity index is 2.56. The largest absolute Gasteiger partial charge is 0.349 e. The standard InChI is InChI=1S/C9H18N2O3S/c1-9(6-10,7-3-4-7)11-8(12)5-15(2,13)14/h7H,3-6,10H2,1-2H3,(H,11,12). The zero-order valence-electron chi connectivity index (χ0n) is 9.12. The summed E-state index contributed by atoms with van der Waals surface area (Å²) >= 11 is 0. The Bertz CT molecular complexity index is 348. The number of nitrogens with one attached hydrogen (secondary N) is 1. The summed E-state index contributed by atoms with van der Waals surface area (Å²) < 4.78 is 21.8. The number of sulfone groups is 1. The molecular formula is C9H18N2O3S. The minimum absolute atomic E-state index is 0.340. The van der Waals surface area contributed by atoms with Crippen molar-refractivity contribution in [3.8, 4) is 0 Å².